The number of methoxy groups -OCH3 is 1. The van der Waals surface area contributed by atoms with Gasteiger partial charge in [0.25, 0.3) is 0 Å². The van der Waals surface area contributed by atoms with Crippen molar-refractivity contribution in [3.05, 3.63) is 22.2 Å². The molecule has 0 amide bonds. The van der Waals surface area contributed by atoms with E-state index in [9.17, 15) is 5.11 Å². The van der Waals surface area contributed by atoms with Gasteiger partial charge in [-0.2, -0.15) is 0 Å². The first-order chi connectivity index (χ1) is 11.2. The molecule has 2 fully saturated rings. The maximum Gasteiger partial charge on any atom is 0.134 e. The van der Waals surface area contributed by atoms with Crippen molar-refractivity contribution < 1.29 is 14.6 Å². The van der Waals surface area contributed by atoms with Gasteiger partial charge in [0.2, 0.25) is 0 Å². The Kier molecular flexibility index (Phi) is 9.85. The molecule has 8 heteroatoms. The highest BCUT2D eigenvalue weighted by atomic mass is 79.9. The van der Waals surface area contributed by atoms with Crippen molar-refractivity contribution in [1.29, 1.82) is 0 Å². The summed E-state index contributed by atoms with van der Waals surface area (Å²) in [6.45, 7) is 5.59. The Bertz CT molecular complexity index is 521. The quantitative estimate of drug-likeness (QED) is 0.725. The molecule has 5 nitrogen and oxygen atoms in total. The molecule has 2 aliphatic heterocycles. The van der Waals surface area contributed by atoms with Gasteiger partial charge in [-0.1, -0.05) is 0 Å². The van der Waals surface area contributed by atoms with Gasteiger partial charge >= 0.3 is 0 Å². The van der Waals surface area contributed by atoms with Gasteiger partial charge in [0.1, 0.15) is 11.5 Å². The molecule has 0 bridgehead atoms. The lowest BCUT2D eigenvalue weighted by Gasteiger charge is -2.41. The number of nitrogens with zero attached hydrogens (tertiary/aromatic N) is 1. The number of rotatable bonds is 4. The lowest BCUT2D eigenvalue weighted by atomic mass is 9.85. The monoisotopic (exact) mass is 456 g/mol. The van der Waals surface area contributed by atoms with Gasteiger partial charge < -0.3 is 19.9 Å². The zero-order chi connectivity index (χ0) is 16.2. The summed E-state index contributed by atoms with van der Waals surface area (Å²) in [4.78, 5) is 2.49. The van der Waals surface area contributed by atoms with E-state index < -0.39 is 0 Å². The largest absolute Gasteiger partial charge is 0.506 e. The van der Waals surface area contributed by atoms with Crippen molar-refractivity contribution in [1.82, 2.24) is 10.2 Å². The van der Waals surface area contributed by atoms with Crippen LogP contribution in [0, 0.1) is 5.92 Å². The van der Waals surface area contributed by atoms with Crippen LogP contribution in [0.4, 0.5) is 0 Å². The van der Waals surface area contributed by atoms with E-state index in [4.69, 9.17) is 9.47 Å². The minimum atomic E-state index is 0. The van der Waals surface area contributed by atoms with E-state index in [-0.39, 0.29) is 30.9 Å². The van der Waals surface area contributed by atoms with Crippen LogP contribution in [0.15, 0.2) is 16.6 Å². The first-order valence-electron chi connectivity index (χ1n) is 8.29. The Morgan fingerprint density at radius 3 is 2.48 bits per heavy atom. The second-order valence-electron chi connectivity index (χ2n) is 6.23. The average molecular weight is 458 g/mol. The molecular formula is C17H27BrCl2N2O3. The molecule has 1 aromatic rings. The third-order valence-corrected chi connectivity index (χ3v) is 5.48. The van der Waals surface area contributed by atoms with Gasteiger partial charge in [-0.15, -0.1) is 24.8 Å². The smallest absolute Gasteiger partial charge is 0.134 e. The number of nitrogens with one attached hydrogen (secondary N) is 1. The number of ether oxygens (including phenoxy) is 2. The molecule has 0 aliphatic carbocycles. The summed E-state index contributed by atoms with van der Waals surface area (Å²) in [6.07, 6.45) is 2.06. The minimum absolute atomic E-state index is 0. The molecule has 1 atom stereocenters. The molecule has 0 aromatic heterocycles. The molecule has 3 rings (SSSR count). The number of halogens is 3. The lowest BCUT2D eigenvalue weighted by Crippen LogP contribution is -2.47. The fourth-order valence-corrected chi connectivity index (χ4v) is 4.13. The summed E-state index contributed by atoms with van der Waals surface area (Å²) in [5.41, 5.74) is 0.963. The number of hydrogen-bond donors (Lipinski definition) is 2. The van der Waals surface area contributed by atoms with Crippen LogP contribution < -0.4 is 10.1 Å². The standard InChI is InChI=1S/C17H25BrN2O3.2ClH/c1-22-13-10-14(17(21)15(18)11-13)16(12-2-8-23-9-3-12)20-6-4-19-5-7-20;;/h10-12,16,19,21H,2-9H2,1H3;2*1H/t16-;;/m0../s1. The van der Waals surface area contributed by atoms with Crippen molar-refractivity contribution in [2.24, 2.45) is 5.92 Å². The second kappa shape index (κ2) is 10.8. The topological polar surface area (TPSA) is 54.0 Å². The van der Waals surface area contributed by atoms with Gasteiger partial charge in [-0.3, -0.25) is 4.90 Å². The molecule has 2 saturated heterocycles. The number of hydrogen-bond acceptors (Lipinski definition) is 5. The van der Waals surface area contributed by atoms with Crippen LogP contribution in [-0.2, 0) is 4.74 Å². The van der Waals surface area contributed by atoms with E-state index >= 15 is 0 Å². The molecule has 2 aliphatic rings. The zero-order valence-electron chi connectivity index (χ0n) is 14.4. The Labute approximate surface area is 170 Å². The number of phenols is 1. The Hall–Kier alpha value is -0.240. The van der Waals surface area contributed by atoms with Crippen molar-refractivity contribution in [3.8, 4) is 11.5 Å². The second-order valence-corrected chi connectivity index (χ2v) is 7.08. The molecule has 0 radical (unpaired) electrons. The lowest BCUT2D eigenvalue weighted by molar-refractivity contribution is 0.0205. The summed E-state index contributed by atoms with van der Waals surface area (Å²) in [5, 5.41) is 14.1. The van der Waals surface area contributed by atoms with Gasteiger partial charge in [0, 0.05) is 51.0 Å². The van der Waals surface area contributed by atoms with E-state index in [0.717, 1.165) is 63.5 Å². The maximum absolute atomic E-state index is 10.7. The summed E-state index contributed by atoms with van der Waals surface area (Å²) in [7, 11) is 1.66. The predicted molar refractivity (Wildman–Crippen MR) is 108 cm³/mol. The molecule has 25 heavy (non-hydrogen) atoms. The van der Waals surface area contributed by atoms with E-state index in [2.05, 4.69) is 26.1 Å². The fraction of sp³-hybridized carbons (Fsp3) is 0.647. The highest BCUT2D eigenvalue weighted by Gasteiger charge is 2.33. The van der Waals surface area contributed by atoms with Crippen molar-refractivity contribution in [2.75, 3.05) is 46.5 Å². The molecule has 1 aromatic carbocycles. The first kappa shape index (κ1) is 22.8. The Balaban J connectivity index is 0.00000156. The number of piperazine rings is 1. The average Bonchev–Trinajstić information content (AvgIpc) is 2.60. The van der Waals surface area contributed by atoms with Gasteiger partial charge in [-0.05, 0) is 46.8 Å². The van der Waals surface area contributed by atoms with E-state index in [0.29, 0.717) is 16.1 Å². The van der Waals surface area contributed by atoms with E-state index in [1.54, 1.807) is 7.11 Å². The molecule has 2 heterocycles. The van der Waals surface area contributed by atoms with Gasteiger partial charge in [-0.25, -0.2) is 0 Å². The Morgan fingerprint density at radius 2 is 1.88 bits per heavy atom. The summed E-state index contributed by atoms with van der Waals surface area (Å²) >= 11 is 3.47. The molecular weight excluding hydrogens is 431 g/mol. The maximum atomic E-state index is 10.7. The summed E-state index contributed by atoms with van der Waals surface area (Å²) in [5.74, 6) is 1.60. The molecule has 0 spiro atoms. The molecule has 0 unspecified atom stereocenters. The fourth-order valence-electron chi connectivity index (χ4n) is 3.68. The van der Waals surface area contributed by atoms with Crippen LogP contribution in [0.3, 0.4) is 0 Å². The summed E-state index contributed by atoms with van der Waals surface area (Å²) < 4.78 is 11.7. The van der Waals surface area contributed by atoms with Crippen LogP contribution in [0.2, 0.25) is 0 Å². The molecule has 0 saturated carbocycles. The predicted octanol–water partition coefficient (Wildman–Crippen LogP) is 3.38. The van der Waals surface area contributed by atoms with Crippen LogP contribution in [0.25, 0.3) is 0 Å². The molecule has 2 N–H and O–H groups in total. The number of phenolic OH excluding ortho intramolecular Hbond substituents is 1. The van der Waals surface area contributed by atoms with Crippen LogP contribution >= 0.6 is 40.7 Å². The van der Waals surface area contributed by atoms with Crippen LogP contribution in [0.5, 0.6) is 11.5 Å². The number of aromatic hydroxyl groups is 1. The third kappa shape index (κ3) is 5.37. The van der Waals surface area contributed by atoms with Crippen molar-refractivity contribution in [2.45, 2.75) is 18.9 Å². The number of benzene rings is 1. The molecule has 144 valence electrons. The minimum Gasteiger partial charge on any atom is -0.506 e. The first-order valence-corrected chi connectivity index (χ1v) is 9.09. The normalized spacial score (nSPS) is 20.2. The van der Waals surface area contributed by atoms with E-state index in [1.165, 1.54) is 0 Å². The SMILES string of the molecule is COc1cc(Br)c(O)c([C@H](C2CCOCC2)N2CCNCC2)c1.Cl.Cl. The van der Waals surface area contributed by atoms with Gasteiger partial charge in [0.05, 0.1) is 11.6 Å². The highest BCUT2D eigenvalue weighted by molar-refractivity contribution is 9.10. The zero-order valence-corrected chi connectivity index (χ0v) is 17.6. The third-order valence-electron chi connectivity index (χ3n) is 4.88. The summed E-state index contributed by atoms with van der Waals surface area (Å²) in [6, 6.07) is 4.01. The van der Waals surface area contributed by atoms with Crippen LogP contribution in [-0.4, -0.2) is 56.5 Å². The highest BCUT2D eigenvalue weighted by Crippen LogP contribution is 2.43. The van der Waals surface area contributed by atoms with Gasteiger partial charge in [0.15, 0.2) is 0 Å². The van der Waals surface area contributed by atoms with E-state index in [1.807, 2.05) is 12.1 Å². The Morgan fingerprint density at radius 1 is 1.24 bits per heavy atom. The van der Waals surface area contributed by atoms with Crippen molar-refractivity contribution in [3.63, 3.8) is 0 Å². The van der Waals surface area contributed by atoms with Crippen molar-refractivity contribution >= 4 is 40.7 Å². The van der Waals surface area contributed by atoms with Crippen LogP contribution in [0.1, 0.15) is 24.4 Å².